The Morgan fingerprint density at radius 3 is 2.36 bits per heavy atom. The average molecular weight is 623 g/mol. The largest absolute Gasteiger partial charge is 0.365 e. The van der Waals surface area contributed by atoms with E-state index in [1.807, 2.05) is 0 Å². The van der Waals surface area contributed by atoms with Gasteiger partial charge in [0.25, 0.3) is 5.96 Å². The van der Waals surface area contributed by atoms with Gasteiger partial charge in [-0.05, 0) is 44.9 Å². The summed E-state index contributed by atoms with van der Waals surface area (Å²) >= 11 is 0. The Morgan fingerprint density at radius 1 is 1.09 bits per heavy atom. The van der Waals surface area contributed by atoms with Crippen LogP contribution >= 0.6 is 0 Å². The number of aliphatic imine (C=N–C) groups is 1. The highest BCUT2D eigenvalue weighted by molar-refractivity contribution is 5.97. The van der Waals surface area contributed by atoms with Crippen molar-refractivity contribution < 1.29 is 29.0 Å². The van der Waals surface area contributed by atoms with E-state index in [2.05, 4.69) is 26.3 Å². The molecule has 44 heavy (non-hydrogen) atoms. The zero-order valence-corrected chi connectivity index (χ0v) is 26.4. The molecule has 1 aliphatic heterocycles. The summed E-state index contributed by atoms with van der Waals surface area (Å²) in [5.74, 6) is -3.49. The fraction of sp³-hybridized carbons (Fsp3) is 0.793. The Morgan fingerprint density at radius 2 is 1.75 bits per heavy atom. The quantitative estimate of drug-likeness (QED) is 0.0666. The Hall–Kier alpha value is -3.78. The lowest BCUT2D eigenvalue weighted by atomic mass is 9.83. The average Bonchev–Trinajstić information content (AvgIpc) is 2.96. The van der Waals surface area contributed by atoms with Crippen molar-refractivity contribution in [2.75, 3.05) is 13.1 Å². The minimum Gasteiger partial charge on any atom is -0.365 e. The molecule has 1 saturated heterocycles. The molecule has 15 nitrogen and oxygen atoms in total. The molecule has 2 rings (SSSR count). The van der Waals surface area contributed by atoms with Crippen molar-refractivity contribution in [2.24, 2.45) is 28.5 Å². The van der Waals surface area contributed by atoms with Crippen molar-refractivity contribution in [2.45, 2.75) is 116 Å². The van der Waals surface area contributed by atoms with Crippen molar-refractivity contribution in [1.29, 1.82) is 0 Å². The van der Waals surface area contributed by atoms with E-state index in [1.165, 1.54) is 0 Å². The number of nitrogens with two attached hydrogens (primary N) is 1. The van der Waals surface area contributed by atoms with E-state index in [-0.39, 0.29) is 62.9 Å². The SMILES string of the molecule is CC[C@@H]1NC(=O)[C@H](CCCN=C(N)N[N+](=O)[O-])CC(=O)[C@](C)(NC(=O)C(C)C)CCNC(=O)[C@@H](CC2CCCCC2)NC1=O. The van der Waals surface area contributed by atoms with Gasteiger partial charge in [-0.1, -0.05) is 58.3 Å². The molecule has 0 aromatic heterocycles. The van der Waals surface area contributed by atoms with Crippen LogP contribution in [-0.4, -0.2) is 71.1 Å². The second-order valence-corrected chi connectivity index (χ2v) is 12.4. The molecule has 0 aromatic carbocycles. The van der Waals surface area contributed by atoms with Gasteiger partial charge in [0.15, 0.2) is 10.8 Å². The Bertz CT molecular complexity index is 1080. The summed E-state index contributed by atoms with van der Waals surface area (Å²) in [6, 6.07) is -1.74. The molecule has 4 atom stereocenters. The third-order valence-electron chi connectivity index (χ3n) is 8.43. The molecule has 1 saturated carbocycles. The maximum atomic E-state index is 13.8. The van der Waals surface area contributed by atoms with Crippen molar-refractivity contribution >= 4 is 35.4 Å². The van der Waals surface area contributed by atoms with Gasteiger partial charge in [0.1, 0.15) is 12.1 Å². The van der Waals surface area contributed by atoms with Crippen molar-refractivity contribution in [3.8, 4) is 0 Å². The number of Topliss-reactive ketones (excluding diaryl/α,β-unsaturated/α-hetero) is 1. The van der Waals surface area contributed by atoms with Gasteiger partial charge in [-0.25, -0.2) is 15.1 Å². The van der Waals surface area contributed by atoms with Crippen LogP contribution in [0.25, 0.3) is 0 Å². The fourth-order valence-electron chi connectivity index (χ4n) is 5.59. The predicted molar refractivity (Wildman–Crippen MR) is 163 cm³/mol. The number of hydrogen-bond acceptors (Lipinski definition) is 8. The molecule has 7 N–H and O–H groups in total. The van der Waals surface area contributed by atoms with Crippen LogP contribution in [0.3, 0.4) is 0 Å². The third-order valence-corrected chi connectivity index (χ3v) is 8.43. The second kappa shape index (κ2) is 17.5. The minimum atomic E-state index is -1.37. The molecule has 0 spiro atoms. The van der Waals surface area contributed by atoms with Crippen LogP contribution in [0, 0.1) is 27.9 Å². The number of hydrogen-bond donors (Lipinski definition) is 6. The molecule has 0 aromatic rings. The Labute approximate surface area is 258 Å². The normalized spacial score (nSPS) is 26.7. The lowest BCUT2D eigenvalue weighted by Gasteiger charge is -2.33. The van der Waals surface area contributed by atoms with E-state index >= 15 is 0 Å². The number of rotatable bonds is 10. The van der Waals surface area contributed by atoms with Gasteiger partial charge in [-0.2, -0.15) is 0 Å². The topological polar surface area (TPSA) is 227 Å². The fourth-order valence-corrected chi connectivity index (χ4v) is 5.59. The summed E-state index contributed by atoms with van der Waals surface area (Å²) in [5.41, 5.74) is 5.85. The number of nitrogens with one attached hydrogen (secondary N) is 5. The van der Waals surface area contributed by atoms with E-state index < -0.39 is 58.0 Å². The summed E-state index contributed by atoms with van der Waals surface area (Å²) in [7, 11) is 0. The third kappa shape index (κ3) is 11.7. The van der Waals surface area contributed by atoms with Crippen LogP contribution in [0.2, 0.25) is 0 Å². The standard InChI is InChI=1S/C29H50N8O7/c1-5-21-27(42)34-22(16-19-10-7-6-8-11-19)26(41)31-15-13-29(4,35-24(39)18(2)3)23(38)17-20(25(40)33-21)12-9-14-32-28(30)36-37(43)44/h18-22H,5-17H2,1-4H3,(H,31,41)(H,33,40)(H,34,42)(H,35,39)(H3,30,32,36)/t20-,21+,22-,29-/m1/s1. The van der Waals surface area contributed by atoms with E-state index in [1.54, 1.807) is 33.1 Å². The molecule has 248 valence electrons. The van der Waals surface area contributed by atoms with Crippen molar-refractivity contribution in [1.82, 2.24) is 26.7 Å². The number of guanidine groups is 1. The number of hydrazine groups is 1. The number of carbonyl (C=O) groups excluding carboxylic acids is 5. The van der Waals surface area contributed by atoms with E-state index in [4.69, 9.17) is 5.73 Å². The van der Waals surface area contributed by atoms with E-state index in [9.17, 15) is 34.1 Å². The van der Waals surface area contributed by atoms with Gasteiger partial charge >= 0.3 is 0 Å². The van der Waals surface area contributed by atoms with Gasteiger partial charge in [0, 0.05) is 31.3 Å². The van der Waals surface area contributed by atoms with Crippen LogP contribution in [0.1, 0.15) is 98.3 Å². The van der Waals surface area contributed by atoms with Gasteiger partial charge in [0.05, 0.1) is 5.54 Å². The van der Waals surface area contributed by atoms with Crippen LogP contribution in [0.15, 0.2) is 4.99 Å². The second-order valence-electron chi connectivity index (χ2n) is 12.4. The summed E-state index contributed by atoms with van der Waals surface area (Å²) in [6.45, 7) is 6.86. The molecule has 0 bridgehead atoms. The van der Waals surface area contributed by atoms with E-state index in [0.717, 1.165) is 32.1 Å². The highest BCUT2D eigenvalue weighted by Crippen LogP contribution is 2.28. The first-order valence-electron chi connectivity index (χ1n) is 15.7. The van der Waals surface area contributed by atoms with Gasteiger partial charge in [-0.15, -0.1) is 0 Å². The summed E-state index contributed by atoms with van der Waals surface area (Å²) in [6.07, 6.45) is 6.23. The maximum absolute atomic E-state index is 13.8. The number of nitro groups is 1. The molecule has 1 heterocycles. The molecular weight excluding hydrogens is 572 g/mol. The molecule has 0 unspecified atom stereocenters. The Balaban J connectivity index is 2.35. The molecule has 2 fully saturated rings. The first-order valence-corrected chi connectivity index (χ1v) is 15.7. The highest BCUT2D eigenvalue weighted by atomic mass is 16.7. The van der Waals surface area contributed by atoms with Crippen LogP contribution in [0.5, 0.6) is 0 Å². The van der Waals surface area contributed by atoms with Crippen LogP contribution in [0.4, 0.5) is 0 Å². The zero-order valence-electron chi connectivity index (χ0n) is 26.4. The number of amides is 4. The monoisotopic (exact) mass is 622 g/mol. The number of ketones is 1. The summed E-state index contributed by atoms with van der Waals surface area (Å²) in [5, 5.41) is 21.0. The first-order chi connectivity index (χ1) is 20.7. The Kier molecular flexibility index (Phi) is 14.5. The lowest BCUT2D eigenvalue weighted by molar-refractivity contribution is -0.525. The zero-order chi connectivity index (χ0) is 32.9. The van der Waals surface area contributed by atoms with Crippen LogP contribution < -0.4 is 32.4 Å². The molecule has 4 amide bonds. The predicted octanol–water partition coefficient (Wildman–Crippen LogP) is 0.839. The van der Waals surface area contributed by atoms with Crippen molar-refractivity contribution in [3.63, 3.8) is 0 Å². The van der Waals surface area contributed by atoms with Gasteiger partial charge in [0.2, 0.25) is 23.6 Å². The van der Waals surface area contributed by atoms with Gasteiger partial charge in [-0.3, -0.25) is 24.0 Å². The molecule has 2 aliphatic rings. The summed E-state index contributed by atoms with van der Waals surface area (Å²) in [4.78, 5) is 81.2. The molecule has 0 radical (unpaired) electrons. The minimum absolute atomic E-state index is 0.0541. The molecule has 15 heteroatoms. The molecule has 1 aliphatic carbocycles. The lowest BCUT2D eigenvalue weighted by Crippen LogP contribution is -2.58. The highest BCUT2D eigenvalue weighted by Gasteiger charge is 2.39. The first kappa shape index (κ1) is 36.4. The number of nitrogens with zero attached hydrogens (tertiary/aromatic N) is 2. The molecular formula is C29H50N8O7. The van der Waals surface area contributed by atoms with Crippen LogP contribution in [-0.2, 0) is 24.0 Å². The maximum Gasteiger partial charge on any atom is 0.251 e. The van der Waals surface area contributed by atoms with E-state index in [0.29, 0.717) is 6.42 Å². The number of carbonyl (C=O) groups is 5. The summed E-state index contributed by atoms with van der Waals surface area (Å²) < 4.78 is 0. The smallest absolute Gasteiger partial charge is 0.251 e. The van der Waals surface area contributed by atoms with Gasteiger partial charge < -0.3 is 27.0 Å². The van der Waals surface area contributed by atoms with Crippen molar-refractivity contribution in [3.05, 3.63) is 10.1 Å².